The summed E-state index contributed by atoms with van der Waals surface area (Å²) in [4.78, 5) is 37.6. The van der Waals surface area contributed by atoms with Crippen molar-refractivity contribution in [2.24, 2.45) is 5.92 Å². The maximum Gasteiger partial charge on any atom is 0.337 e. The Kier molecular flexibility index (Phi) is 6.22. The minimum atomic E-state index is -1.01. The van der Waals surface area contributed by atoms with Crippen molar-refractivity contribution >= 4 is 17.8 Å². The summed E-state index contributed by atoms with van der Waals surface area (Å²) in [5, 5.41) is 9.44. The summed E-state index contributed by atoms with van der Waals surface area (Å²) >= 11 is 0. The van der Waals surface area contributed by atoms with Crippen LogP contribution < -0.4 is 0 Å². The lowest BCUT2D eigenvalue weighted by atomic mass is 9.96. The van der Waals surface area contributed by atoms with E-state index in [-0.39, 0.29) is 29.8 Å². The van der Waals surface area contributed by atoms with Gasteiger partial charge in [0.05, 0.1) is 24.5 Å². The maximum absolute atomic E-state index is 12.6. The van der Waals surface area contributed by atoms with Crippen LogP contribution in [-0.2, 0) is 27.3 Å². The zero-order valence-corrected chi connectivity index (χ0v) is 15.1. The van der Waals surface area contributed by atoms with Crippen LogP contribution in [0.1, 0.15) is 48.3 Å². The van der Waals surface area contributed by atoms with Gasteiger partial charge >= 0.3 is 11.9 Å². The van der Waals surface area contributed by atoms with Gasteiger partial charge in [-0.25, -0.2) is 4.79 Å². The molecule has 0 radical (unpaired) electrons. The molecule has 138 valence electrons. The molecule has 1 N–H and O–H groups in total. The third-order valence-electron chi connectivity index (χ3n) is 4.72. The molecule has 7 nitrogen and oxygen atoms in total. The third-order valence-corrected chi connectivity index (χ3v) is 4.72. The van der Waals surface area contributed by atoms with Gasteiger partial charge in [-0.1, -0.05) is 0 Å². The zero-order chi connectivity index (χ0) is 18.6. The lowest BCUT2D eigenvalue weighted by molar-refractivity contribution is -0.151. The molecule has 0 aromatic carbocycles. The zero-order valence-electron chi connectivity index (χ0n) is 15.1. The Morgan fingerprint density at radius 2 is 1.88 bits per heavy atom. The van der Waals surface area contributed by atoms with Crippen LogP contribution in [0.5, 0.6) is 0 Å². The Morgan fingerprint density at radius 3 is 2.40 bits per heavy atom. The van der Waals surface area contributed by atoms with Gasteiger partial charge in [-0.3, -0.25) is 9.59 Å². The quantitative estimate of drug-likeness (QED) is 0.791. The van der Waals surface area contributed by atoms with E-state index in [1.54, 1.807) is 24.9 Å². The Hall–Kier alpha value is -2.31. The van der Waals surface area contributed by atoms with Crippen molar-refractivity contribution in [1.29, 1.82) is 0 Å². The number of carbonyl (C=O) groups excluding carboxylic acids is 2. The number of aromatic carboxylic acids is 1. The third kappa shape index (κ3) is 4.21. The summed E-state index contributed by atoms with van der Waals surface area (Å²) in [6.45, 7) is 7.41. The molecule has 1 aliphatic heterocycles. The molecule has 0 saturated carbocycles. The van der Waals surface area contributed by atoms with E-state index in [2.05, 4.69) is 0 Å². The summed E-state index contributed by atoms with van der Waals surface area (Å²) in [7, 11) is 0. The van der Waals surface area contributed by atoms with Gasteiger partial charge in [-0.2, -0.15) is 0 Å². The van der Waals surface area contributed by atoms with Crippen LogP contribution >= 0.6 is 0 Å². The molecule has 7 heteroatoms. The molecule has 1 amide bonds. The van der Waals surface area contributed by atoms with Crippen molar-refractivity contribution in [3.8, 4) is 0 Å². The number of ether oxygens (including phenoxy) is 1. The molecule has 0 atom stereocenters. The molecular formula is C18H26N2O5. The highest BCUT2D eigenvalue weighted by Gasteiger charge is 2.29. The molecule has 25 heavy (non-hydrogen) atoms. The van der Waals surface area contributed by atoms with E-state index in [1.807, 2.05) is 11.5 Å². The Labute approximate surface area is 147 Å². The van der Waals surface area contributed by atoms with Gasteiger partial charge in [0.15, 0.2) is 0 Å². The van der Waals surface area contributed by atoms with Crippen LogP contribution in [-0.4, -0.2) is 52.1 Å². The average Bonchev–Trinajstić information content (AvgIpc) is 2.90. The largest absolute Gasteiger partial charge is 0.478 e. The molecule has 0 unspecified atom stereocenters. The molecule has 0 spiro atoms. The maximum atomic E-state index is 12.6. The number of hydrogen-bond donors (Lipinski definition) is 1. The van der Waals surface area contributed by atoms with Crippen LogP contribution in [0.25, 0.3) is 0 Å². The summed E-state index contributed by atoms with van der Waals surface area (Å²) in [6.07, 6.45) is 3.01. The fourth-order valence-corrected chi connectivity index (χ4v) is 3.39. The standard InChI is InChI=1S/C18H26N2O5/c1-4-19-11-12(3)16(17(22)23)14(19)10-15(21)20-8-6-13(7-9-20)18(24)25-5-2/h11,13H,4-10H2,1-3H3,(H,22,23). The fourth-order valence-electron chi connectivity index (χ4n) is 3.39. The van der Waals surface area contributed by atoms with Gasteiger partial charge in [0, 0.05) is 31.5 Å². The fraction of sp³-hybridized carbons (Fsp3) is 0.611. The molecule has 2 heterocycles. The second-order valence-electron chi connectivity index (χ2n) is 6.31. The van der Waals surface area contributed by atoms with Gasteiger partial charge in [0.2, 0.25) is 5.91 Å². The minimum Gasteiger partial charge on any atom is -0.478 e. The first-order valence-electron chi connectivity index (χ1n) is 8.75. The predicted molar refractivity (Wildman–Crippen MR) is 91.4 cm³/mol. The van der Waals surface area contributed by atoms with Gasteiger partial charge in [-0.05, 0) is 39.2 Å². The van der Waals surface area contributed by atoms with Crippen molar-refractivity contribution in [1.82, 2.24) is 9.47 Å². The number of aryl methyl sites for hydroxylation is 2. The lowest BCUT2D eigenvalue weighted by Crippen LogP contribution is -2.41. The highest BCUT2D eigenvalue weighted by molar-refractivity contribution is 5.93. The van der Waals surface area contributed by atoms with Crippen LogP contribution in [0.3, 0.4) is 0 Å². The number of carbonyl (C=O) groups is 3. The van der Waals surface area contributed by atoms with Crippen molar-refractivity contribution in [3.05, 3.63) is 23.0 Å². The number of carboxylic acids is 1. The number of esters is 1. The number of aromatic nitrogens is 1. The van der Waals surface area contributed by atoms with Crippen LogP contribution in [0.4, 0.5) is 0 Å². The smallest absolute Gasteiger partial charge is 0.337 e. The molecule has 1 aliphatic rings. The molecule has 1 saturated heterocycles. The molecule has 1 aromatic heterocycles. The minimum absolute atomic E-state index is 0.0629. The van der Waals surface area contributed by atoms with Crippen LogP contribution in [0.2, 0.25) is 0 Å². The summed E-state index contributed by atoms with van der Waals surface area (Å²) in [5.41, 5.74) is 1.43. The van der Waals surface area contributed by atoms with Crippen LogP contribution in [0.15, 0.2) is 6.20 Å². The summed E-state index contributed by atoms with van der Waals surface area (Å²) < 4.78 is 6.86. The number of hydrogen-bond acceptors (Lipinski definition) is 4. The van der Waals surface area contributed by atoms with Gasteiger partial charge < -0.3 is 19.3 Å². The SMILES string of the molecule is CCOC(=O)C1CCN(C(=O)Cc2c(C(=O)O)c(C)cn2CC)CC1. The second-order valence-corrected chi connectivity index (χ2v) is 6.31. The molecule has 1 fully saturated rings. The van der Waals surface area contributed by atoms with E-state index in [4.69, 9.17) is 4.74 Å². The van der Waals surface area contributed by atoms with Gasteiger partial charge in [-0.15, -0.1) is 0 Å². The van der Waals surface area contributed by atoms with Gasteiger partial charge in [0.1, 0.15) is 0 Å². The summed E-state index contributed by atoms with van der Waals surface area (Å²) in [5.74, 6) is -1.45. The van der Waals surface area contributed by atoms with E-state index in [1.165, 1.54) is 0 Å². The number of nitrogens with zero attached hydrogens (tertiary/aromatic N) is 2. The number of carboxylic acid groups (broad SMARTS) is 1. The Balaban J connectivity index is 2.04. The van der Waals surface area contributed by atoms with Crippen molar-refractivity contribution in [2.75, 3.05) is 19.7 Å². The number of likely N-dealkylation sites (tertiary alicyclic amines) is 1. The molecule has 0 aliphatic carbocycles. The summed E-state index contributed by atoms with van der Waals surface area (Å²) in [6, 6.07) is 0. The van der Waals surface area contributed by atoms with E-state index in [0.717, 1.165) is 0 Å². The van der Waals surface area contributed by atoms with Gasteiger partial charge in [0.25, 0.3) is 0 Å². The van der Waals surface area contributed by atoms with Crippen LogP contribution in [0, 0.1) is 12.8 Å². The molecule has 0 bridgehead atoms. The van der Waals surface area contributed by atoms with E-state index >= 15 is 0 Å². The molecule has 1 aromatic rings. The number of rotatable bonds is 6. The average molecular weight is 350 g/mol. The Bertz CT molecular complexity index is 657. The first-order valence-corrected chi connectivity index (χ1v) is 8.75. The normalized spacial score (nSPS) is 15.2. The molecular weight excluding hydrogens is 324 g/mol. The van der Waals surface area contributed by atoms with Crippen molar-refractivity contribution in [3.63, 3.8) is 0 Å². The van der Waals surface area contributed by atoms with E-state index in [0.29, 0.717) is 50.3 Å². The predicted octanol–water partition coefficient (Wildman–Crippen LogP) is 1.86. The van der Waals surface area contributed by atoms with Crippen molar-refractivity contribution < 1.29 is 24.2 Å². The first-order chi connectivity index (χ1) is 11.9. The number of amides is 1. The number of piperidine rings is 1. The topological polar surface area (TPSA) is 88.8 Å². The molecule has 2 rings (SSSR count). The highest BCUT2D eigenvalue weighted by atomic mass is 16.5. The van der Waals surface area contributed by atoms with E-state index < -0.39 is 5.97 Å². The van der Waals surface area contributed by atoms with Crippen molar-refractivity contribution in [2.45, 2.75) is 46.6 Å². The second kappa shape index (κ2) is 8.18. The first kappa shape index (κ1) is 19.0. The lowest BCUT2D eigenvalue weighted by Gasteiger charge is -2.31. The highest BCUT2D eigenvalue weighted by Crippen LogP contribution is 2.22. The Morgan fingerprint density at radius 1 is 1.24 bits per heavy atom. The van der Waals surface area contributed by atoms with E-state index in [9.17, 15) is 19.5 Å². The monoisotopic (exact) mass is 350 g/mol.